The van der Waals surface area contributed by atoms with E-state index in [2.05, 4.69) is 33.3 Å². The summed E-state index contributed by atoms with van der Waals surface area (Å²) >= 11 is 9.66. The number of benzene rings is 1. The lowest BCUT2D eigenvalue weighted by atomic mass is 10.0. The maximum atomic E-state index is 14.0. The fourth-order valence-electron chi connectivity index (χ4n) is 2.33. The van der Waals surface area contributed by atoms with Crippen molar-refractivity contribution < 1.29 is 4.39 Å². The smallest absolute Gasteiger partial charge is 0.127 e. The van der Waals surface area contributed by atoms with E-state index in [0.717, 1.165) is 23.1 Å². The van der Waals surface area contributed by atoms with Crippen LogP contribution in [-0.4, -0.2) is 16.3 Å². The summed E-state index contributed by atoms with van der Waals surface area (Å²) in [5.41, 5.74) is 1.52. The standard InChI is InChI=1S/C15H18BrClFN3/c1-3-7-19-14(15-11(16)9-20-21(15)2)8-10-12(17)5-4-6-13(10)18/h4-6,9,14,19H,3,7-8H2,1-2H3. The second-order valence-electron chi connectivity index (χ2n) is 4.91. The van der Waals surface area contributed by atoms with Crippen molar-refractivity contribution in [3.8, 4) is 0 Å². The SMILES string of the molecule is CCCNC(Cc1c(F)cccc1Cl)c1c(Br)cnn1C. The van der Waals surface area contributed by atoms with Gasteiger partial charge in [0.2, 0.25) is 0 Å². The van der Waals surface area contributed by atoms with Crippen LogP contribution >= 0.6 is 27.5 Å². The number of halogens is 3. The minimum atomic E-state index is -0.274. The van der Waals surface area contributed by atoms with Crippen LogP contribution in [0.15, 0.2) is 28.9 Å². The molecule has 0 aliphatic rings. The van der Waals surface area contributed by atoms with Gasteiger partial charge in [0.15, 0.2) is 0 Å². The van der Waals surface area contributed by atoms with Gasteiger partial charge in [0, 0.05) is 17.6 Å². The van der Waals surface area contributed by atoms with Crippen LogP contribution < -0.4 is 5.32 Å². The van der Waals surface area contributed by atoms with Crippen LogP contribution in [0.2, 0.25) is 5.02 Å². The van der Waals surface area contributed by atoms with Crippen LogP contribution in [0.5, 0.6) is 0 Å². The van der Waals surface area contributed by atoms with E-state index in [1.807, 2.05) is 7.05 Å². The van der Waals surface area contributed by atoms with Gasteiger partial charge in [-0.2, -0.15) is 5.10 Å². The molecule has 0 bridgehead atoms. The van der Waals surface area contributed by atoms with Gasteiger partial charge in [-0.05, 0) is 47.4 Å². The zero-order valence-electron chi connectivity index (χ0n) is 12.0. The number of hydrogen-bond acceptors (Lipinski definition) is 2. The number of nitrogens with zero attached hydrogens (tertiary/aromatic N) is 2. The summed E-state index contributed by atoms with van der Waals surface area (Å²) in [7, 11) is 1.88. The van der Waals surface area contributed by atoms with E-state index in [0.29, 0.717) is 17.0 Å². The molecule has 3 nitrogen and oxygen atoms in total. The number of aryl methyl sites for hydroxylation is 1. The summed E-state index contributed by atoms with van der Waals surface area (Å²) in [4.78, 5) is 0. The zero-order chi connectivity index (χ0) is 15.4. The predicted molar refractivity (Wildman–Crippen MR) is 87.1 cm³/mol. The van der Waals surface area contributed by atoms with E-state index >= 15 is 0 Å². The fourth-order valence-corrected chi connectivity index (χ4v) is 3.19. The Morgan fingerprint density at radius 1 is 1.48 bits per heavy atom. The molecule has 1 aromatic heterocycles. The van der Waals surface area contributed by atoms with Crippen molar-refractivity contribution in [2.75, 3.05) is 6.54 Å². The van der Waals surface area contributed by atoms with Gasteiger partial charge in [-0.25, -0.2) is 4.39 Å². The molecule has 0 amide bonds. The minimum Gasteiger partial charge on any atom is -0.308 e. The van der Waals surface area contributed by atoms with Crippen molar-refractivity contribution in [2.24, 2.45) is 7.05 Å². The molecular formula is C15H18BrClFN3. The molecule has 0 saturated carbocycles. The number of hydrogen-bond donors (Lipinski definition) is 1. The van der Waals surface area contributed by atoms with Gasteiger partial charge < -0.3 is 5.32 Å². The third-order valence-electron chi connectivity index (χ3n) is 3.38. The lowest BCUT2D eigenvalue weighted by Crippen LogP contribution is -2.27. The lowest BCUT2D eigenvalue weighted by molar-refractivity contribution is 0.481. The average molecular weight is 375 g/mol. The predicted octanol–water partition coefficient (Wildman–Crippen LogP) is 4.26. The number of nitrogens with one attached hydrogen (secondary N) is 1. The molecular weight excluding hydrogens is 357 g/mol. The molecule has 114 valence electrons. The summed E-state index contributed by atoms with van der Waals surface area (Å²) < 4.78 is 16.7. The maximum Gasteiger partial charge on any atom is 0.127 e. The highest BCUT2D eigenvalue weighted by Gasteiger charge is 2.21. The van der Waals surface area contributed by atoms with Crippen molar-refractivity contribution in [3.05, 3.63) is 51.0 Å². The molecule has 2 rings (SSSR count). The first-order valence-electron chi connectivity index (χ1n) is 6.88. The van der Waals surface area contributed by atoms with Crippen molar-refractivity contribution in [2.45, 2.75) is 25.8 Å². The Labute approximate surface area is 137 Å². The van der Waals surface area contributed by atoms with E-state index in [4.69, 9.17) is 11.6 Å². The van der Waals surface area contributed by atoms with E-state index in [-0.39, 0.29) is 11.9 Å². The topological polar surface area (TPSA) is 29.9 Å². The van der Waals surface area contributed by atoms with Crippen molar-refractivity contribution in [1.82, 2.24) is 15.1 Å². The van der Waals surface area contributed by atoms with Crippen molar-refractivity contribution >= 4 is 27.5 Å². The Balaban J connectivity index is 2.33. The summed E-state index contributed by atoms with van der Waals surface area (Å²) in [6.45, 7) is 2.94. The molecule has 0 aliphatic heterocycles. The third-order valence-corrected chi connectivity index (χ3v) is 4.34. The van der Waals surface area contributed by atoms with Crippen LogP contribution in [-0.2, 0) is 13.5 Å². The van der Waals surface area contributed by atoms with Gasteiger partial charge >= 0.3 is 0 Å². The Morgan fingerprint density at radius 2 is 2.24 bits per heavy atom. The van der Waals surface area contributed by atoms with Crippen LogP contribution in [0, 0.1) is 5.82 Å². The second-order valence-corrected chi connectivity index (χ2v) is 6.17. The van der Waals surface area contributed by atoms with Gasteiger partial charge in [0.05, 0.1) is 22.4 Å². The quantitative estimate of drug-likeness (QED) is 0.819. The molecule has 0 fully saturated rings. The first-order chi connectivity index (χ1) is 10.0. The molecule has 0 spiro atoms. The molecule has 1 N–H and O–H groups in total. The first kappa shape index (κ1) is 16.5. The zero-order valence-corrected chi connectivity index (χ0v) is 14.4. The molecule has 6 heteroatoms. The fraction of sp³-hybridized carbons (Fsp3) is 0.400. The second kappa shape index (κ2) is 7.38. The van der Waals surface area contributed by atoms with Crippen molar-refractivity contribution in [1.29, 1.82) is 0 Å². The molecule has 1 unspecified atom stereocenters. The Hall–Kier alpha value is -0.910. The molecule has 1 aromatic carbocycles. The largest absolute Gasteiger partial charge is 0.308 e. The first-order valence-corrected chi connectivity index (χ1v) is 8.05. The van der Waals surface area contributed by atoms with Gasteiger partial charge in [-0.1, -0.05) is 24.6 Å². The van der Waals surface area contributed by atoms with Gasteiger partial charge in [0.25, 0.3) is 0 Å². The minimum absolute atomic E-state index is 0.0544. The molecule has 1 heterocycles. The Morgan fingerprint density at radius 3 is 2.81 bits per heavy atom. The molecule has 21 heavy (non-hydrogen) atoms. The van der Waals surface area contributed by atoms with Crippen LogP contribution in [0.4, 0.5) is 4.39 Å². The van der Waals surface area contributed by atoms with E-state index in [1.165, 1.54) is 6.07 Å². The Bertz CT molecular complexity index is 575. The summed E-state index contributed by atoms with van der Waals surface area (Å²) in [6.07, 6.45) is 3.22. The summed E-state index contributed by atoms with van der Waals surface area (Å²) in [5, 5.41) is 8.13. The highest BCUT2D eigenvalue weighted by molar-refractivity contribution is 9.10. The molecule has 0 saturated heterocycles. The highest BCUT2D eigenvalue weighted by atomic mass is 79.9. The van der Waals surface area contributed by atoms with Crippen LogP contribution in [0.25, 0.3) is 0 Å². The average Bonchev–Trinajstić information content (AvgIpc) is 2.78. The number of aromatic nitrogens is 2. The van der Waals surface area contributed by atoms with Gasteiger partial charge in [-0.3, -0.25) is 4.68 Å². The maximum absolute atomic E-state index is 14.0. The van der Waals surface area contributed by atoms with Crippen molar-refractivity contribution in [3.63, 3.8) is 0 Å². The van der Waals surface area contributed by atoms with Crippen LogP contribution in [0.1, 0.15) is 30.6 Å². The molecule has 0 aliphatic carbocycles. The Kier molecular flexibility index (Phi) is 5.79. The number of rotatable bonds is 6. The lowest BCUT2D eigenvalue weighted by Gasteiger charge is -2.20. The summed E-state index contributed by atoms with van der Waals surface area (Å²) in [6, 6.07) is 4.72. The van der Waals surface area contributed by atoms with E-state index < -0.39 is 0 Å². The third kappa shape index (κ3) is 3.84. The molecule has 1 atom stereocenters. The summed E-state index contributed by atoms with van der Waals surface area (Å²) in [5.74, 6) is -0.274. The molecule has 2 aromatic rings. The van der Waals surface area contributed by atoms with Gasteiger partial charge in [-0.15, -0.1) is 0 Å². The van der Waals surface area contributed by atoms with Crippen LogP contribution in [0.3, 0.4) is 0 Å². The van der Waals surface area contributed by atoms with Gasteiger partial charge in [0.1, 0.15) is 5.82 Å². The highest BCUT2D eigenvalue weighted by Crippen LogP contribution is 2.29. The van der Waals surface area contributed by atoms with E-state index in [1.54, 1.807) is 23.0 Å². The normalized spacial score (nSPS) is 12.6. The van der Waals surface area contributed by atoms with E-state index in [9.17, 15) is 4.39 Å². The monoisotopic (exact) mass is 373 g/mol. The molecule has 0 radical (unpaired) electrons.